The minimum atomic E-state index is 0.0358. The van der Waals surface area contributed by atoms with Crippen molar-refractivity contribution in [3.63, 3.8) is 0 Å². The fourth-order valence-corrected chi connectivity index (χ4v) is 1.60. The van der Waals surface area contributed by atoms with Gasteiger partial charge in [0.1, 0.15) is 11.9 Å². The largest absolute Gasteiger partial charge is 0.487 e. The zero-order valence-corrected chi connectivity index (χ0v) is 10.7. The zero-order valence-electron chi connectivity index (χ0n) is 9.09. The topological polar surface area (TPSA) is 21.3 Å². The van der Waals surface area contributed by atoms with Gasteiger partial charge in [0.05, 0.1) is 0 Å². The molecule has 15 heavy (non-hydrogen) atoms. The quantitative estimate of drug-likeness (QED) is 0.830. The van der Waals surface area contributed by atoms with Crippen LogP contribution in [0.1, 0.15) is 12.5 Å². The van der Waals surface area contributed by atoms with Gasteiger partial charge in [-0.25, -0.2) is 0 Å². The van der Waals surface area contributed by atoms with E-state index >= 15 is 0 Å². The smallest absolute Gasteiger partial charge is 0.120 e. The lowest BCUT2D eigenvalue weighted by Gasteiger charge is -2.12. The molecule has 1 N–H and O–H groups in total. The summed E-state index contributed by atoms with van der Waals surface area (Å²) in [5, 5.41) is 3.11. The van der Waals surface area contributed by atoms with Crippen LogP contribution >= 0.6 is 15.9 Å². The third-order valence-corrected chi connectivity index (χ3v) is 2.81. The molecule has 1 atom stereocenters. The van der Waals surface area contributed by atoms with Gasteiger partial charge in [0, 0.05) is 11.0 Å². The Morgan fingerprint density at radius 3 is 2.93 bits per heavy atom. The van der Waals surface area contributed by atoms with Crippen LogP contribution in [0.5, 0.6) is 5.75 Å². The van der Waals surface area contributed by atoms with E-state index in [2.05, 4.69) is 27.8 Å². The Hall–Kier alpha value is -0.800. The van der Waals surface area contributed by atoms with Crippen LogP contribution in [0, 0.1) is 0 Å². The monoisotopic (exact) mass is 269 g/mol. The van der Waals surface area contributed by atoms with E-state index < -0.39 is 0 Å². The molecular formula is C12H16BrNO. The van der Waals surface area contributed by atoms with Crippen molar-refractivity contribution < 1.29 is 4.74 Å². The summed E-state index contributed by atoms with van der Waals surface area (Å²) < 4.78 is 6.73. The molecular weight excluding hydrogens is 254 g/mol. The van der Waals surface area contributed by atoms with Gasteiger partial charge in [-0.05, 0) is 37.7 Å². The second-order valence-electron chi connectivity index (χ2n) is 3.34. The third-order valence-electron chi connectivity index (χ3n) is 2.04. The van der Waals surface area contributed by atoms with Crippen LogP contribution in [0.3, 0.4) is 0 Å². The van der Waals surface area contributed by atoms with E-state index in [1.807, 2.05) is 32.2 Å². The molecule has 0 aromatic heterocycles. The Labute approximate surface area is 99.5 Å². The third kappa shape index (κ3) is 3.68. The van der Waals surface area contributed by atoms with E-state index in [4.69, 9.17) is 4.74 Å². The van der Waals surface area contributed by atoms with Crippen molar-refractivity contribution in [2.45, 2.75) is 19.6 Å². The second-order valence-corrected chi connectivity index (χ2v) is 4.20. The number of hydrogen-bond acceptors (Lipinski definition) is 2. The van der Waals surface area contributed by atoms with Crippen molar-refractivity contribution in [2.75, 3.05) is 7.05 Å². The predicted molar refractivity (Wildman–Crippen MR) is 67.2 cm³/mol. The number of nitrogens with one attached hydrogen (secondary N) is 1. The van der Waals surface area contributed by atoms with Crippen molar-refractivity contribution in [1.29, 1.82) is 0 Å². The standard InChI is InChI=1S/C12H16BrNO/c1-4-9(2)15-11-5-6-12(13)10(7-11)8-14-3/h4-7,9,14H,1,8H2,2-3H3. The lowest BCUT2D eigenvalue weighted by molar-refractivity contribution is 0.270. The molecule has 0 heterocycles. The van der Waals surface area contributed by atoms with Crippen LogP contribution in [0.4, 0.5) is 0 Å². The molecule has 0 bridgehead atoms. The van der Waals surface area contributed by atoms with Crippen molar-refractivity contribution in [2.24, 2.45) is 0 Å². The first-order valence-electron chi connectivity index (χ1n) is 4.89. The molecule has 0 aliphatic carbocycles. The summed E-state index contributed by atoms with van der Waals surface area (Å²) in [5.74, 6) is 0.871. The van der Waals surface area contributed by atoms with Gasteiger partial charge in [0.25, 0.3) is 0 Å². The van der Waals surface area contributed by atoms with E-state index in [9.17, 15) is 0 Å². The summed E-state index contributed by atoms with van der Waals surface area (Å²) in [5.41, 5.74) is 1.19. The lowest BCUT2D eigenvalue weighted by Crippen LogP contribution is -2.09. The van der Waals surface area contributed by atoms with Gasteiger partial charge in [-0.3, -0.25) is 0 Å². The Balaban J connectivity index is 2.82. The molecule has 1 rings (SSSR count). The summed E-state index contributed by atoms with van der Waals surface area (Å²) in [7, 11) is 1.92. The highest BCUT2D eigenvalue weighted by molar-refractivity contribution is 9.10. The Morgan fingerprint density at radius 2 is 2.33 bits per heavy atom. The summed E-state index contributed by atoms with van der Waals surface area (Å²) in [4.78, 5) is 0. The first-order valence-corrected chi connectivity index (χ1v) is 5.69. The van der Waals surface area contributed by atoms with E-state index in [-0.39, 0.29) is 6.10 Å². The molecule has 0 saturated heterocycles. The number of hydrogen-bond donors (Lipinski definition) is 1. The van der Waals surface area contributed by atoms with Gasteiger partial charge >= 0.3 is 0 Å². The Bertz CT molecular complexity index is 338. The van der Waals surface area contributed by atoms with Crippen LogP contribution in [-0.2, 0) is 6.54 Å². The minimum absolute atomic E-state index is 0.0358. The summed E-state index contributed by atoms with van der Waals surface area (Å²) in [6.07, 6.45) is 1.81. The molecule has 1 aromatic carbocycles. The molecule has 0 fully saturated rings. The van der Waals surface area contributed by atoms with E-state index in [1.165, 1.54) is 5.56 Å². The Morgan fingerprint density at radius 1 is 1.60 bits per heavy atom. The highest BCUT2D eigenvalue weighted by Gasteiger charge is 2.03. The summed E-state index contributed by atoms with van der Waals surface area (Å²) in [6, 6.07) is 5.97. The van der Waals surface area contributed by atoms with Gasteiger partial charge in [0.2, 0.25) is 0 Å². The maximum Gasteiger partial charge on any atom is 0.120 e. The minimum Gasteiger partial charge on any atom is -0.487 e. The molecule has 0 aliphatic heterocycles. The normalized spacial score (nSPS) is 12.2. The van der Waals surface area contributed by atoms with Crippen LogP contribution in [-0.4, -0.2) is 13.2 Å². The molecule has 82 valence electrons. The highest BCUT2D eigenvalue weighted by atomic mass is 79.9. The maximum atomic E-state index is 5.64. The molecule has 0 spiro atoms. The lowest BCUT2D eigenvalue weighted by atomic mass is 10.2. The van der Waals surface area contributed by atoms with E-state index in [0.29, 0.717) is 0 Å². The molecule has 0 amide bonds. The van der Waals surface area contributed by atoms with Crippen molar-refractivity contribution in [3.05, 3.63) is 40.9 Å². The molecule has 1 unspecified atom stereocenters. The maximum absolute atomic E-state index is 5.64. The van der Waals surface area contributed by atoms with Crippen LogP contribution in [0.25, 0.3) is 0 Å². The van der Waals surface area contributed by atoms with Crippen LogP contribution < -0.4 is 10.1 Å². The SMILES string of the molecule is C=CC(C)Oc1ccc(Br)c(CNC)c1. The number of halogens is 1. The zero-order chi connectivity index (χ0) is 11.3. The first kappa shape index (κ1) is 12.3. The molecule has 2 nitrogen and oxygen atoms in total. The fraction of sp³-hybridized carbons (Fsp3) is 0.333. The van der Waals surface area contributed by atoms with Crippen LogP contribution in [0.2, 0.25) is 0 Å². The van der Waals surface area contributed by atoms with Crippen LogP contribution in [0.15, 0.2) is 35.3 Å². The summed E-state index contributed by atoms with van der Waals surface area (Å²) in [6.45, 7) is 6.47. The van der Waals surface area contributed by atoms with Crippen molar-refractivity contribution >= 4 is 15.9 Å². The van der Waals surface area contributed by atoms with E-state index in [0.717, 1.165) is 16.8 Å². The Kier molecular flexibility index (Phi) is 4.85. The molecule has 3 heteroatoms. The number of rotatable bonds is 5. The van der Waals surface area contributed by atoms with Gasteiger partial charge in [-0.1, -0.05) is 28.6 Å². The van der Waals surface area contributed by atoms with E-state index in [1.54, 1.807) is 6.08 Å². The predicted octanol–water partition coefficient (Wildman–Crippen LogP) is 3.12. The molecule has 0 radical (unpaired) electrons. The highest BCUT2D eigenvalue weighted by Crippen LogP contribution is 2.23. The van der Waals surface area contributed by atoms with Crippen molar-refractivity contribution in [1.82, 2.24) is 5.32 Å². The number of ether oxygens (including phenoxy) is 1. The molecule has 0 aliphatic rings. The van der Waals surface area contributed by atoms with Gasteiger partial charge < -0.3 is 10.1 Å². The molecule has 0 saturated carbocycles. The average Bonchev–Trinajstić information content (AvgIpc) is 2.23. The second kappa shape index (κ2) is 5.93. The summed E-state index contributed by atoms with van der Waals surface area (Å²) >= 11 is 3.50. The average molecular weight is 270 g/mol. The number of benzene rings is 1. The fourth-order valence-electron chi connectivity index (χ4n) is 1.21. The van der Waals surface area contributed by atoms with Gasteiger partial charge in [-0.15, -0.1) is 0 Å². The van der Waals surface area contributed by atoms with Gasteiger partial charge in [0.15, 0.2) is 0 Å². The molecule has 1 aromatic rings. The van der Waals surface area contributed by atoms with Gasteiger partial charge in [-0.2, -0.15) is 0 Å². The first-order chi connectivity index (χ1) is 7.17. The van der Waals surface area contributed by atoms with Crippen molar-refractivity contribution in [3.8, 4) is 5.75 Å².